The van der Waals surface area contributed by atoms with Gasteiger partial charge in [-0.15, -0.1) is 0 Å². The number of benzene rings is 2. The fourth-order valence-corrected chi connectivity index (χ4v) is 2.28. The third kappa shape index (κ3) is 3.08. The van der Waals surface area contributed by atoms with E-state index in [4.69, 9.17) is 10.5 Å². The van der Waals surface area contributed by atoms with E-state index in [2.05, 4.69) is 15.9 Å². The van der Waals surface area contributed by atoms with Crippen molar-refractivity contribution in [2.45, 2.75) is 13.0 Å². The van der Waals surface area contributed by atoms with Gasteiger partial charge in [-0.1, -0.05) is 40.2 Å². The molecule has 2 aromatic carbocycles. The summed E-state index contributed by atoms with van der Waals surface area (Å²) in [6.07, 6.45) is 0. The van der Waals surface area contributed by atoms with Crippen molar-refractivity contribution in [3.05, 3.63) is 58.6 Å². The molecule has 1 atom stereocenters. The summed E-state index contributed by atoms with van der Waals surface area (Å²) in [5.41, 5.74) is 6.92. The van der Waals surface area contributed by atoms with Crippen LogP contribution in [0.15, 0.2) is 53.0 Å². The number of para-hydroxylation sites is 1. The largest absolute Gasteiger partial charge is 0.457 e. The van der Waals surface area contributed by atoms with E-state index in [1.165, 1.54) is 0 Å². The van der Waals surface area contributed by atoms with Gasteiger partial charge in [-0.05, 0) is 36.8 Å². The van der Waals surface area contributed by atoms with Gasteiger partial charge in [0, 0.05) is 10.5 Å². The number of halogens is 1. The standard InChI is InChI=1S/C14H14BrNO/c1-10(16)13-8-7-12(9-14(13)15)17-11-5-3-2-4-6-11/h2-10H,16H2,1H3/t10-/m1/s1. The summed E-state index contributed by atoms with van der Waals surface area (Å²) in [5, 5.41) is 0. The minimum atomic E-state index is 0.00940. The number of hydrogen-bond acceptors (Lipinski definition) is 2. The van der Waals surface area contributed by atoms with Crippen LogP contribution in [-0.4, -0.2) is 0 Å². The van der Waals surface area contributed by atoms with Gasteiger partial charge in [0.2, 0.25) is 0 Å². The minimum absolute atomic E-state index is 0.00940. The molecule has 2 aromatic rings. The van der Waals surface area contributed by atoms with E-state index in [0.717, 1.165) is 21.5 Å². The van der Waals surface area contributed by atoms with Crippen molar-refractivity contribution in [2.75, 3.05) is 0 Å². The first-order valence-electron chi connectivity index (χ1n) is 5.45. The maximum absolute atomic E-state index is 5.85. The highest BCUT2D eigenvalue weighted by atomic mass is 79.9. The van der Waals surface area contributed by atoms with Gasteiger partial charge in [-0.25, -0.2) is 0 Å². The fourth-order valence-electron chi connectivity index (χ4n) is 1.57. The first-order valence-corrected chi connectivity index (χ1v) is 6.24. The summed E-state index contributed by atoms with van der Waals surface area (Å²) in [4.78, 5) is 0. The van der Waals surface area contributed by atoms with Crippen molar-refractivity contribution >= 4 is 15.9 Å². The predicted octanol–water partition coefficient (Wildman–Crippen LogP) is 4.26. The highest BCUT2D eigenvalue weighted by Crippen LogP contribution is 2.29. The molecule has 0 aromatic heterocycles. The summed E-state index contributed by atoms with van der Waals surface area (Å²) in [6.45, 7) is 1.96. The zero-order valence-corrected chi connectivity index (χ0v) is 11.1. The molecule has 2 nitrogen and oxygen atoms in total. The van der Waals surface area contributed by atoms with Crippen LogP contribution in [0.5, 0.6) is 11.5 Å². The number of ether oxygens (including phenoxy) is 1. The number of rotatable bonds is 3. The van der Waals surface area contributed by atoms with E-state index in [1.54, 1.807) is 0 Å². The lowest BCUT2D eigenvalue weighted by Crippen LogP contribution is -2.05. The Labute approximate surface area is 110 Å². The van der Waals surface area contributed by atoms with Gasteiger partial charge in [-0.3, -0.25) is 0 Å². The summed E-state index contributed by atoms with van der Waals surface area (Å²) < 4.78 is 6.70. The molecule has 88 valence electrons. The van der Waals surface area contributed by atoms with E-state index in [-0.39, 0.29) is 6.04 Å². The van der Waals surface area contributed by atoms with Gasteiger partial charge in [0.05, 0.1) is 0 Å². The van der Waals surface area contributed by atoms with Gasteiger partial charge in [0.1, 0.15) is 11.5 Å². The molecule has 0 amide bonds. The second-order valence-electron chi connectivity index (χ2n) is 3.89. The fraction of sp³-hybridized carbons (Fsp3) is 0.143. The van der Waals surface area contributed by atoms with Crippen molar-refractivity contribution in [3.8, 4) is 11.5 Å². The van der Waals surface area contributed by atoms with Crippen LogP contribution in [0.1, 0.15) is 18.5 Å². The van der Waals surface area contributed by atoms with Gasteiger partial charge >= 0.3 is 0 Å². The Bertz CT molecular complexity index is 497. The first-order chi connectivity index (χ1) is 8.16. The molecular weight excluding hydrogens is 278 g/mol. The average molecular weight is 292 g/mol. The molecular formula is C14H14BrNO. The van der Waals surface area contributed by atoms with E-state index in [9.17, 15) is 0 Å². The Balaban J connectivity index is 2.21. The minimum Gasteiger partial charge on any atom is -0.457 e. The lowest BCUT2D eigenvalue weighted by molar-refractivity contribution is 0.482. The molecule has 0 aliphatic heterocycles. The molecule has 0 radical (unpaired) electrons. The molecule has 3 heteroatoms. The Morgan fingerprint density at radius 3 is 2.35 bits per heavy atom. The summed E-state index contributed by atoms with van der Waals surface area (Å²) in [6, 6.07) is 15.6. The van der Waals surface area contributed by atoms with Crippen molar-refractivity contribution in [2.24, 2.45) is 5.73 Å². The van der Waals surface area contributed by atoms with Crippen LogP contribution in [0.2, 0.25) is 0 Å². The maximum atomic E-state index is 5.85. The Morgan fingerprint density at radius 2 is 1.76 bits per heavy atom. The molecule has 2 N–H and O–H groups in total. The summed E-state index contributed by atoms with van der Waals surface area (Å²) in [7, 11) is 0. The quantitative estimate of drug-likeness (QED) is 0.917. The van der Waals surface area contributed by atoms with Crippen LogP contribution in [0.3, 0.4) is 0 Å². The highest BCUT2D eigenvalue weighted by Gasteiger charge is 2.06. The second-order valence-corrected chi connectivity index (χ2v) is 4.74. The molecule has 0 aliphatic carbocycles. The van der Waals surface area contributed by atoms with Crippen molar-refractivity contribution in [3.63, 3.8) is 0 Å². The molecule has 0 aliphatic rings. The van der Waals surface area contributed by atoms with Crippen LogP contribution in [-0.2, 0) is 0 Å². The lowest BCUT2D eigenvalue weighted by atomic mass is 10.1. The van der Waals surface area contributed by atoms with Crippen LogP contribution in [0.4, 0.5) is 0 Å². The smallest absolute Gasteiger partial charge is 0.128 e. The molecule has 0 spiro atoms. The topological polar surface area (TPSA) is 35.2 Å². The highest BCUT2D eigenvalue weighted by molar-refractivity contribution is 9.10. The molecule has 0 unspecified atom stereocenters. The van der Waals surface area contributed by atoms with E-state index < -0.39 is 0 Å². The molecule has 0 bridgehead atoms. The zero-order valence-electron chi connectivity index (χ0n) is 9.56. The Hall–Kier alpha value is -1.32. The van der Waals surface area contributed by atoms with Crippen LogP contribution < -0.4 is 10.5 Å². The molecule has 0 fully saturated rings. The normalized spacial score (nSPS) is 12.2. The monoisotopic (exact) mass is 291 g/mol. The van der Waals surface area contributed by atoms with Crippen molar-refractivity contribution in [1.82, 2.24) is 0 Å². The number of nitrogens with two attached hydrogens (primary N) is 1. The van der Waals surface area contributed by atoms with E-state index >= 15 is 0 Å². The number of hydrogen-bond donors (Lipinski definition) is 1. The summed E-state index contributed by atoms with van der Waals surface area (Å²) in [5.74, 6) is 1.63. The van der Waals surface area contributed by atoms with Crippen molar-refractivity contribution in [1.29, 1.82) is 0 Å². The van der Waals surface area contributed by atoms with Gasteiger partial charge in [-0.2, -0.15) is 0 Å². The zero-order chi connectivity index (χ0) is 12.3. The molecule has 0 heterocycles. The molecule has 2 rings (SSSR count). The van der Waals surface area contributed by atoms with Crippen LogP contribution in [0.25, 0.3) is 0 Å². The first kappa shape index (κ1) is 12.1. The van der Waals surface area contributed by atoms with Gasteiger partial charge < -0.3 is 10.5 Å². The molecule has 17 heavy (non-hydrogen) atoms. The van der Waals surface area contributed by atoms with Gasteiger partial charge in [0.25, 0.3) is 0 Å². The Morgan fingerprint density at radius 1 is 1.06 bits per heavy atom. The lowest BCUT2D eigenvalue weighted by Gasteiger charge is -2.11. The third-order valence-electron chi connectivity index (χ3n) is 2.44. The van der Waals surface area contributed by atoms with Crippen LogP contribution in [0, 0.1) is 0 Å². The van der Waals surface area contributed by atoms with E-state index in [1.807, 2.05) is 55.5 Å². The third-order valence-corrected chi connectivity index (χ3v) is 3.13. The van der Waals surface area contributed by atoms with Crippen molar-refractivity contribution < 1.29 is 4.74 Å². The maximum Gasteiger partial charge on any atom is 0.128 e. The molecule has 0 saturated heterocycles. The van der Waals surface area contributed by atoms with E-state index in [0.29, 0.717) is 0 Å². The second kappa shape index (κ2) is 5.34. The SMILES string of the molecule is C[C@@H](N)c1ccc(Oc2ccccc2)cc1Br. The summed E-state index contributed by atoms with van der Waals surface area (Å²) >= 11 is 3.50. The average Bonchev–Trinajstić information content (AvgIpc) is 2.30. The predicted molar refractivity (Wildman–Crippen MR) is 73.3 cm³/mol. The molecule has 0 saturated carbocycles. The van der Waals surface area contributed by atoms with Gasteiger partial charge in [0.15, 0.2) is 0 Å². The van der Waals surface area contributed by atoms with Crippen LogP contribution >= 0.6 is 15.9 Å². The Kier molecular flexibility index (Phi) is 3.82.